The standard InChI is InChI=1S/C15H16O3S/c1-3-11-4-6-13(7-5-11)18-9-12-8-14(15(16)17)19-10(12)2/h4-8H,3,9H2,1-2H3,(H,16,17). The number of aryl methyl sites for hydroxylation is 2. The highest BCUT2D eigenvalue weighted by Gasteiger charge is 2.11. The van der Waals surface area contributed by atoms with Gasteiger partial charge in [-0.2, -0.15) is 0 Å². The smallest absolute Gasteiger partial charge is 0.345 e. The molecule has 0 fully saturated rings. The third kappa shape index (κ3) is 3.35. The highest BCUT2D eigenvalue weighted by atomic mass is 32.1. The molecule has 2 aromatic rings. The number of carbonyl (C=O) groups is 1. The van der Waals surface area contributed by atoms with Crippen LogP contribution in [0, 0.1) is 6.92 Å². The summed E-state index contributed by atoms with van der Waals surface area (Å²) in [6.07, 6.45) is 1.01. The molecule has 100 valence electrons. The van der Waals surface area contributed by atoms with Gasteiger partial charge >= 0.3 is 5.97 Å². The maximum atomic E-state index is 10.9. The van der Waals surface area contributed by atoms with Crippen LogP contribution in [0.3, 0.4) is 0 Å². The summed E-state index contributed by atoms with van der Waals surface area (Å²) in [7, 11) is 0. The fourth-order valence-electron chi connectivity index (χ4n) is 1.75. The minimum atomic E-state index is -0.883. The van der Waals surface area contributed by atoms with Gasteiger partial charge in [0.1, 0.15) is 17.2 Å². The first-order valence-electron chi connectivity index (χ1n) is 6.14. The summed E-state index contributed by atoms with van der Waals surface area (Å²) < 4.78 is 5.68. The lowest BCUT2D eigenvalue weighted by Gasteiger charge is -2.06. The minimum Gasteiger partial charge on any atom is -0.489 e. The third-order valence-corrected chi connectivity index (χ3v) is 4.04. The van der Waals surface area contributed by atoms with Gasteiger partial charge in [-0.25, -0.2) is 4.79 Å². The predicted molar refractivity (Wildman–Crippen MR) is 76.2 cm³/mol. The second-order valence-electron chi connectivity index (χ2n) is 4.28. The normalized spacial score (nSPS) is 10.4. The van der Waals surface area contributed by atoms with Crippen LogP contribution in [0.15, 0.2) is 30.3 Å². The molecule has 0 amide bonds. The van der Waals surface area contributed by atoms with Gasteiger partial charge in [-0.1, -0.05) is 19.1 Å². The first-order chi connectivity index (χ1) is 9.10. The topological polar surface area (TPSA) is 46.5 Å². The first-order valence-corrected chi connectivity index (χ1v) is 6.96. The molecule has 1 aromatic carbocycles. The van der Waals surface area contributed by atoms with E-state index in [0.29, 0.717) is 11.5 Å². The number of carboxylic acids is 1. The van der Waals surface area contributed by atoms with Crippen molar-refractivity contribution in [2.24, 2.45) is 0 Å². The largest absolute Gasteiger partial charge is 0.489 e. The van der Waals surface area contributed by atoms with Crippen LogP contribution in [-0.4, -0.2) is 11.1 Å². The van der Waals surface area contributed by atoms with Gasteiger partial charge in [0.15, 0.2) is 0 Å². The Morgan fingerprint density at radius 2 is 2.00 bits per heavy atom. The zero-order chi connectivity index (χ0) is 13.8. The van der Waals surface area contributed by atoms with Crippen LogP contribution in [0.4, 0.5) is 0 Å². The van der Waals surface area contributed by atoms with Gasteiger partial charge in [0.2, 0.25) is 0 Å². The molecule has 0 aliphatic carbocycles. The maximum Gasteiger partial charge on any atom is 0.345 e. The van der Waals surface area contributed by atoms with Gasteiger partial charge in [-0.05, 0) is 37.1 Å². The second-order valence-corrected chi connectivity index (χ2v) is 5.54. The Hall–Kier alpha value is -1.81. The average molecular weight is 276 g/mol. The van der Waals surface area contributed by atoms with E-state index < -0.39 is 5.97 Å². The van der Waals surface area contributed by atoms with Crippen LogP contribution in [0.2, 0.25) is 0 Å². The van der Waals surface area contributed by atoms with E-state index in [-0.39, 0.29) is 0 Å². The lowest BCUT2D eigenvalue weighted by Crippen LogP contribution is -1.96. The van der Waals surface area contributed by atoms with Gasteiger partial charge in [-0.15, -0.1) is 11.3 Å². The van der Waals surface area contributed by atoms with E-state index in [4.69, 9.17) is 9.84 Å². The monoisotopic (exact) mass is 276 g/mol. The number of hydrogen-bond donors (Lipinski definition) is 1. The van der Waals surface area contributed by atoms with E-state index in [1.165, 1.54) is 16.9 Å². The first kappa shape index (κ1) is 13.6. The van der Waals surface area contributed by atoms with Gasteiger partial charge in [0, 0.05) is 10.4 Å². The Kier molecular flexibility index (Phi) is 4.22. The lowest BCUT2D eigenvalue weighted by atomic mass is 10.2. The zero-order valence-electron chi connectivity index (χ0n) is 11.0. The van der Waals surface area contributed by atoms with Crippen LogP contribution < -0.4 is 4.74 Å². The van der Waals surface area contributed by atoms with Crippen molar-refractivity contribution >= 4 is 17.3 Å². The minimum absolute atomic E-state index is 0.359. The van der Waals surface area contributed by atoms with E-state index in [9.17, 15) is 4.79 Å². The molecule has 0 bridgehead atoms. The third-order valence-electron chi connectivity index (χ3n) is 2.96. The number of ether oxygens (including phenoxy) is 1. The summed E-state index contributed by atoms with van der Waals surface area (Å²) >= 11 is 1.28. The molecule has 0 aliphatic rings. The van der Waals surface area contributed by atoms with Crippen LogP contribution in [0.1, 0.15) is 32.6 Å². The number of carboxylic acid groups (broad SMARTS) is 1. The van der Waals surface area contributed by atoms with Gasteiger partial charge < -0.3 is 9.84 Å². The van der Waals surface area contributed by atoms with Gasteiger partial charge in [0.05, 0.1) is 0 Å². The van der Waals surface area contributed by atoms with Crippen molar-refractivity contribution in [1.82, 2.24) is 0 Å². The number of hydrogen-bond acceptors (Lipinski definition) is 3. The molecule has 19 heavy (non-hydrogen) atoms. The Morgan fingerprint density at radius 3 is 2.53 bits per heavy atom. The maximum absolute atomic E-state index is 10.9. The molecular formula is C15H16O3S. The van der Waals surface area contributed by atoms with Crippen molar-refractivity contribution in [2.75, 3.05) is 0 Å². The molecule has 0 saturated carbocycles. The van der Waals surface area contributed by atoms with E-state index in [1.54, 1.807) is 6.07 Å². The van der Waals surface area contributed by atoms with E-state index in [0.717, 1.165) is 22.6 Å². The summed E-state index contributed by atoms with van der Waals surface area (Å²) in [6.45, 7) is 4.43. The molecular weight excluding hydrogens is 260 g/mol. The average Bonchev–Trinajstić information content (AvgIpc) is 2.79. The molecule has 1 heterocycles. The van der Waals surface area contributed by atoms with Crippen molar-refractivity contribution in [3.63, 3.8) is 0 Å². The fourth-order valence-corrected chi connectivity index (χ4v) is 2.62. The second kappa shape index (κ2) is 5.89. The summed E-state index contributed by atoms with van der Waals surface area (Å²) in [5.74, 6) is -0.0775. The van der Waals surface area contributed by atoms with Gasteiger partial charge in [0.25, 0.3) is 0 Å². The molecule has 0 atom stereocenters. The fraction of sp³-hybridized carbons (Fsp3) is 0.267. The van der Waals surface area contributed by atoms with Crippen LogP contribution in [-0.2, 0) is 13.0 Å². The SMILES string of the molecule is CCc1ccc(OCc2cc(C(=O)O)sc2C)cc1. The molecule has 0 unspecified atom stereocenters. The molecule has 2 rings (SSSR count). The van der Waals surface area contributed by atoms with E-state index in [2.05, 4.69) is 6.92 Å². The van der Waals surface area contributed by atoms with Crippen LogP contribution >= 0.6 is 11.3 Å². The summed E-state index contributed by atoms with van der Waals surface area (Å²) in [4.78, 5) is 12.2. The molecule has 0 aliphatic heterocycles. The lowest BCUT2D eigenvalue weighted by molar-refractivity contribution is 0.0702. The van der Waals surface area contributed by atoms with E-state index in [1.807, 2.05) is 31.2 Å². The molecule has 4 heteroatoms. The summed E-state index contributed by atoms with van der Waals surface area (Å²) in [5.41, 5.74) is 2.20. The predicted octanol–water partition coefficient (Wildman–Crippen LogP) is 3.90. The molecule has 3 nitrogen and oxygen atoms in total. The molecule has 1 N–H and O–H groups in total. The van der Waals surface area contributed by atoms with Crippen LogP contribution in [0.25, 0.3) is 0 Å². The highest BCUT2D eigenvalue weighted by molar-refractivity contribution is 7.14. The number of thiophene rings is 1. The van der Waals surface area contributed by atoms with Crippen molar-refractivity contribution in [1.29, 1.82) is 0 Å². The highest BCUT2D eigenvalue weighted by Crippen LogP contribution is 2.23. The number of aromatic carboxylic acids is 1. The van der Waals surface area contributed by atoms with Crippen molar-refractivity contribution in [3.8, 4) is 5.75 Å². The van der Waals surface area contributed by atoms with Crippen LogP contribution in [0.5, 0.6) is 5.75 Å². The molecule has 0 spiro atoms. The van der Waals surface area contributed by atoms with E-state index >= 15 is 0 Å². The number of benzene rings is 1. The Labute approximate surface area is 116 Å². The van der Waals surface area contributed by atoms with Crippen molar-refractivity contribution in [2.45, 2.75) is 26.9 Å². The summed E-state index contributed by atoms with van der Waals surface area (Å²) in [6, 6.07) is 9.65. The molecule has 0 saturated heterocycles. The number of rotatable bonds is 5. The Morgan fingerprint density at radius 1 is 1.32 bits per heavy atom. The molecule has 1 aromatic heterocycles. The zero-order valence-corrected chi connectivity index (χ0v) is 11.8. The summed E-state index contributed by atoms with van der Waals surface area (Å²) in [5, 5.41) is 8.94. The van der Waals surface area contributed by atoms with Crippen molar-refractivity contribution < 1.29 is 14.6 Å². The van der Waals surface area contributed by atoms with Gasteiger partial charge in [-0.3, -0.25) is 0 Å². The Bertz CT molecular complexity index is 570. The Balaban J connectivity index is 2.03. The molecule has 0 radical (unpaired) electrons. The quantitative estimate of drug-likeness (QED) is 0.901. The van der Waals surface area contributed by atoms with Crippen molar-refractivity contribution in [3.05, 3.63) is 51.2 Å².